The fraction of sp³-hybridized carbons (Fsp3) is 0.500. The number of aromatic nitrogens is 2. The van der Waals surface area contributed by atoms with Crippen molar-refractivity contribution in [2.45, 2.75) is 31.8 Å². The highest BCUT2D eigenvalue weighted by atomic mass is 16.5. The van der Waals surface area contributed by atoms with E-state index in [-0.39, 0.29) is 29.6 Å². The molecule has 2 fully saturated rings. The van der Waals surface area contributed by atoms with Crippen LogP contribution in [-0.4, -0.2) is 34.6 Å². The van der Waals surface area contributed by atoms with Crippen molar-refractivity contribution in [1.29, 1.82) is 0 Å². The van der Waals surface area contributed by atoms with E-state index >= 15 is 0 Å². The normalized spacial score (nSPS) is 27.4. The molecule has 2 aromatic rings. The Hall–Kier alpha value is -2.57. The second-order valence-corrected chi connectivity index (χ2v) is 6.88. The predicted molar refractivity (Wildman–Crippen MR) is 87.6 cm³/mol. The van der Waals surface area contributed by atoms with Gasteiger partial charge in [0, 0.05) is 18.4 Å². The summed E-state index contributed by atoms with van der Waals surface area (Å²) < 4.78 is 12.5. The summed E-state index contributed by atoms with van der Waals surface area (Å²) in [5, 5.41) is 3.01. The maximum Gasteiger partial charge on any atom is 0.311 e. The van der Waals surface area contributed by atoms with Crippen LogP contribution in [0.15, 0.2) is 35.3 Å². The van der Waals surface area contributed by atoms with Crippen LogP contribution in [-0.2, 0) is 16.1 Å². The molecule has 4 rings (SSSR count). The van der Waals surface area contributed by atoms with E-state index < -0.39 is 0 Å². The molecule has 2 saturated carbocycles. The van der Waals surface area contributed by atoms with Gasteiger partial charge in [-0.3, -0.25) is 9.59 Å². The highest BCUT2D eigenvalue weighted by Gasteiger charge is 2.52. The van der Waals surface area contributed by atoms with Gasteiger partial charge >= 0.3 is 5.97 Å². The summed E-state index contributed by atoms with van der Waals surface area (Å²) in [6.07, 6.45) is 8.28. The summed E-state index contributed by atoms with van der Waals surface area (Å²) in [6.45, 7) is 0.520. The van der Waals surface area contributed by atoms with Gasteiger partial charge in [-0.05, 0) is 43.2 Å². The van der Waals surface area contributed by atoms with Crippen molar-refractivity contribution in [3.63, 3.8) is 0 Å². The summed E-state index contributed by atoms with van der Waals surface area (Å²) >= 11 is 0. The first-order valence-electron chi connectivity index (χ1n) is 8.59. The minimum absolute atomic E-state index is 0.166. The number of furan rings is 1. The molecule has 0 spiro atoms. The smallest absolute Gasteiger partial charge is 0.311 e. The molecule has 2 aliphatic rings. The minimum Gasteiger partial charge on any atom is -0.469 e. The predicted octanol–water partition coefficient (Wildman–Crippen LogP) is 1.84. The number of methoxy groups -OCH3 is 1. The van der Waals surface area contributed by atoms with Crippen LogP contribution < -0.4 is 5.32 Å². The summed E-state index contributed by atoms with van der Waals surface area (Å²) in [5.74, 6) is 0.867. The molecule has 25 heavy (non-hydrogen) atoms. The zero-order valence-electron chi connectivity index (χ0n) is 14.1. The fourth-order valence-electron chi connectivity index (χ4n) is 4.34. The van der Waals surface area contributed by atoms with Gasteiger partial charge < -0.3 is 19.0 Å². The Bertz CT molecular complexity index is 767. The zero-order valence-corrected chi connectivity index (χ0v) is 14.1. The van der Waals surface area contributed by atoms with Gasteiger partial charge in [0.2, 0.25) is 0 Å². The van der Waals surface area contributed by atoms with E-state index in [0.29, 0.717) is 24.1 Å². The third-order valence-corrected chi connectivity index (χ3v) is 5.47. The van der Waals surface area contributed by atoms with E-state index in [1.54, 1.807) is 24.7 Å². The number of carbonyl (C=O) groups is 2. The van der Waals surface area contributed by atoms with Gasteiger partial charge in [0.05, 0.1) is 25.9 Å². The quantitative estimate of drug-likeness (QED) is 0.837. The average molecular weight is 343 g/mol. The molecule has 0 unspecified atom stereocenters. The summed E-state index contributed by atoms with van der Waals surface area (Å²) in [5.41, 5.74) is 0. The topological polar surface area (TPSA) is 86.4 Å². The molecule has 0 radical (unpaired) electrons. The van der Waals surface area contributed by atoms with Crippen LogP contribution in [0.5, 0.6) is 0 Å². The Morgan fingerprint density at radius 1 is 1.36 bits per heavy atom. The van der Waals surface area contributed by atoms with Gasteiger partial charge in [-0.25, -0.2) is 4.98 Å². The molecule has 2 bridgehead atoms. The first-order chi connectivity index (χ1) is 12.2. The lowest BCUT2D eigenvalue weighted by atomic mass is 9.84. The lowest BCUT2D eigenvalue weighted by Gasteiger charge is -2.29. The molecule has 7 nitrogen and oxygen atoms in total. The number of esters is 1. The Morgan fingerprint density at radius 2 is 2.20 bits per heavy atom. The first kappa shape index (κ1) is 15.9. The number of ether oxygens (including phenoxy) is 1. The molecule has 4 atom stereocenters. The molecule has 1 N–H and O–H groups in total. The number of nitrogens with one attached hydrogen (secondary N) is 1. The van der Waals surface area contributed by atoms with E-state index in [1.807, 2.05) is 10.8 Å². The average Bonchev–Trinajstić information content (AvgIpc) is 3.39. The third kappa shape index (κ3) is 2.94. The molecule has 2 aliphatic carbocycles. The lowest BCUT2D eigenvalue weighted by Crippen LogP contribution is -2.47. The third-order valence-electron chi connectivity index (χ3n) is 5.47. The van der Waals surface area contributed by atoms with Crippen LogP contribution in [0.1, 0.15) is 35.6 Å². The van der Waals surface area contributed by atoms with Gasteiger partial charge in [0.1, 0.15) is 5.76 Å². The van der Waals surface area contributed by atoms with Crippen LogP contribution in [0.4, 0.5) is 0 Å². The van der Waals surface area contributed by atoms with Gasteiger partial charge in [-0.1, -0.05) is 0 Å². The summed E-state index contributed by atoms with van der Waals surface area (Å²) in [4.78, 5) is 28.7. The Balaban J connectivity index is 1.44. The van der Waals surface area contributed by atoms with Gasteiger partial charge in [0.25, 0.3) is 5.91 Å². The Morgan fingerprint density at radius 3 is 2.96 bits per heavy atom. The van der Waals surface area contributed by atoms with Crippen molar-refractivity contribution in [3.8, 4) is 0 Å². The maximum atomic E-state index is 12.6. The SMILES string of the molecule is COC(=O)[C@@H]1[C@H]2CC[C@@H](C2)[C@H]1NC(=O)c1ccc(Cn2ccnc2)o1. The van der Waals surface area contributed by atoms with Crippen molar-refractivity contribution in [3.05, 3.63) is 42.4 Å². The zero-order chi connectivity index (χ0) is 17.4. The van der Waals surface area contributed by atoms with Gasteiger partial charge in [-0.15, -0.1) is 0 Å². The van der Waals surface area contributed by atoms with E-state index in [4.69, 9.17) is 9.15 Å². The summed E-state index contributed by atoms with van der Waals surface area (Å²) in [6, 6.07) is 3.29. The maximum absolute atomic E-state index is 12.6. The number of fused-ring (bicyclic) bond motifs is 2. The largest absolute Gasteiger partial charge is 0.469 e. The fourth-order valence-corrected chi connectivity index (χ4v) is 4.34. The number of nitrogens with zero attached hydrogens (tertiary/aromatic N) is 2. The molecular formula is C18H21N3O4. The van der Waals surface area contributed by atoms with E-state index in [9.17, 15) is 9.59 Å². The van der Waals surface area contributed by atoms with Crippen LogP contribution in [0.3, 0.4) is 0 Å². The molecular weight excluding hydrogens is 322 g/mol. The monoisotopic (exact) mass is 343 g/mol. The Labute approximate surface area is 145 Å². The van der Waals surface area contributed by atoms with E-state index in [1.165, 1.54) is 7.11 Å². The Kier molecular flexibility index (Phi) is 4.07. The standard InChI is InChI=1S/C18H21N3O4/c1-24-18(23)15-11-2-3-12(8-11)16(15)20-17(22)14-5-4-13(25-14)9-21-7-6-19-10-21/h4-7,10-12,15-16H,2-3,8-9H2,1H3,(H,20,22)/t11-,12-,15+,16+/m0/s1. The van der Waals surface area contributed by atoms with E-state index in [0.717, 1.165) is 19.3 Å². The molecule has 0 saturated heterocycles. The molecule has 132 valence electrons. The van der Waals surface area contributed by atoms with Gasteiger partial charge in [0.15, 0.2) is 5.76 Å². The van der Waals surface area contributed by atoms with Crippen LogP contribution in [0.25, 0.3) is 0 Å². The number of rotatable bonds is 5. The van der Waals surface area contributed by atoms with Crippen LogP contribution >= 0.6 is 0 Å². The number of hydrogen-bond acceptors (Lipinski definition) is 5. The second-order valence-electron chi connectivity index (χ2n) is 6.88. The van der Waals surface area contributed by atoms with Crippen LogP contribution in [0.2, 0.25) is 0 Å². The molecule has 2 aromatic heterocycles. The van der Waals surface area contributed by atoms with Crippen LogP contribution in [0, 0.1) is 17.8 Å². The molecule has 2 heterocycles. The van der Waals surface area contributed by atoms with Crippen molar-refractivity contribution in [1.82, 2.24) is 14.9 Å². The molecule has 1 amide bonds. The highest BCUT2D eigenvalue weighted by molar-refractivity contribution is 5.92. The van der Waals surface area contributed by atoms with Crippen molar-refractivity contribution in [2.24, 2.45) is 17.8 Å². The first-order valence-corrected chi connectivity index (χ1v) is 8.59. The summed E-state index contributed by atoms with van der Waals surface area (Å²) in [7, 11) is 1.40. The van der Waals surface area contributed by atoms with Crippen molar-refractivity contribution < 1.29 is 18.7 Å². The highest BCUT2D eigenvalue weighted by Crippen LogP contribution is 2.49. The molecule has 7 heteroatoms. The van der Waals surface area contributed by atoms with E-state index in [2.05, 4.69) is 10.3 Å². The van der Waals surface area contributed by atoms with Crippen molar-refractivity contribution >= 4 is 11.9 Å². The number of imidazole rings is 1. The minimum atomic E-state index is -0.275. The number of hydrogen-bond donors (Lipinski definition) is 1. The molecule has 0 aliphatic heterocycles. The van der Waals surface area contributed by atoms with Gasteiger partial charge in [-0.2, -0.15) is 0 Å². The lowest BCUT2D eigenvalue weighted by molar-refractivity contribution is -0.148. The number of carbonyl (C=O) groups excluding carboxylic acids is 2. The second kappa shape index (κ2) is 6.38. The number of amides is 1. The molecule has 0 aromatic carbocycles. The van der Waals surface area contributed by atoms with Crippen molar-refractivity contribution in [2.75, 3.05) is 7.11 Å².